The van der Waals surface area contributed by atoms with E-state index in [-0.39, 0.29) is 10.6 Å². The zero-order valence-corrected chi connectivity index (χ0v) is 12.4. The van der Waals surface area contributed by atoms with Gasteiger partial charge in [0.05, 0.1) is 18.1 Å². The second kappa shape index (κ2) is 6.04. The molecule has 0 aliphatic heterocycles. The maximum absolute atomic E-state index is 13.4. The lowest BCUT2D eigenvalue weighted by molar-refractivity contribution is 0.600. The van der Waals surface area contributed by atoms with Crippen molar-refractivity contribution in [3.05, 3.63) is 42.0 Å². The van der Waals surface area contributed by atoms with Gasteiger partial charge in [0.1, 0.15) is 10.7 Å². The summed E-state index contributed by atoms with van der Waals surface area (Å²) in [5.41, 5.74) is 0.588. The van der Waals surface area contributed by atoms with Crippen LogP contribution in [0.1, 0.15) is 12.5 Å². The highest BCUT2D eigenvalue weighted by atomic mass is 32.2. The molecule has 8 heteroatoms. The first-order chi connectivity index (χ1) is 9.92. The smallest absolute Gasteiger partial charge is 0.264 e. The fraction of sp³-hybridized carbons (Fsp3) is 0.231. The van der Waals surface area contributed by atoms with Gasteiger partial charge in [-0.1, -0.05) is 6.07 Å². The van der Waals surface area contributed by atoms with E-state index in [0.717, 1.165) is 6.07 Å². The molecule has 112 valence electrons. The van der Waals surface area contributed by atoms with Crippen LogP contribution in [0.15, 0.2) is 35.5 Å². The van der Waals surface area contributed by atoms with Crippen LogP contribution in [0.5, 0.6) is 0 Å². The summed E-state index contributed by atoms with van der Waals surface area (Å²) < 4.78 is 40.0. The van der Waals surface area contributed by atoms with Gasteiger partial charge >= 0.3 is 0 Å². The van der Waals surface area contributed by atoms with Gasteiger partial charge < -0.3 is 5.32 Å². The number of nitrogens with one attached hydrogen (secondary N) is 2. The third kappa shape index (κ3) is 3.66. The molecule has 0 radical (unpaired) electrons. The zero-order valence-electron chi connectivity index (χ0n) is 11.6. The van der Waals surface area contributed by atoms with E-state index in [4.69, 9.17) is 0 Å². The highest BCUT2D eigenvalue weighted by molar-refractivity contribution is 7.92. The van der Waals surface area contributed by atoms with Crippen molar-refractivity contribution in [3.63, 3.8) is 0 Å². The molecule has 0 aliphatic rings. The number of rotatable bonds is 5. The van der Waals surface area contributed by atoms with Crippen LogP contribution in [0, 0.1) is 12.7 Å². The predicted molar refractivity (Wildman–Crippen MR) is 78.1 cm³/mol. The van der Waals surface area contributed by atoms with Gasteiger partial charge in [0.25, 0.3) is 10.0 Å². The largest absolute Gasteiger partial charge is 0.355 e. The summed E-state index contributed by atoms with van der Waals surface area (Å²) in [6, 6.07) is 4.11. The van der Waals surface area contributed by atoms with Crippen LogP contribution in [0.3, 0.4) is 0 Å². The second-order valence-electron chi connectivity index (χ2n) is 4.34. The Morgan fingerprint density at radius 3 is 2.48 bits per heavy atom. The first-order valence-electron chi connectivity index (χ1n) is 6.27. The summed E-state index contributed by atoms with van der Waals surface area (Å²) in [6.07, 6.45) is 2.38. The van der Waals surface area contributed by atoms with Crippen molar-refractivity contribution in [2.24, 2.45) is 0 Å². The third-order valence-corrected chi connectivity index (χ3v) is 4.03. The minimum absolute atomic E-state index is 0.0925. The van der Waals surface area contributed by atoms with E-state index in [1.54, 1.807) is 6.92 Å². The van der Waals surface area contributed by atoms with Crippen molar-refractivity contribution in [2.45, 2.75) is 18.7 Å². The Bertz CT molecular complexity index is 732. The molecule has 0 fully saturated rings. The lowest BCUT2D eigenvalue weighted by atomic mass is 10.2. The van der Waals surface area contributed by atoms with Crippen LogP contribution in [-0.4, -0.2) is 24.9 Å². The standard InChI is InChI=1S/C13H15FN4O2S/c1-3-15-13-16-7-11(8-17-13)21(19,20)18-10-5-4-9(2)12(14)6-10/h4-8,18H,3H2,1-2H3,(H,15,16,17). The molecule has 2 aromatic rings. The van der Waals surface area contributed by atoms with Crippen LogP contribution >= 0.6 is 0 Å². The highest BCUT2D eigenvalue weighted by Crippen LogP contribution is 2.18. The van der Waals surface area contributed by atoms with Gasteiger partial charge in [-0.3, -0.25) is 4.72 Å². The molecule has 1 aromatic carbocycles. The van der Waals surface area contributed by atoms with Gasteiger partial charge in [-0.25, -0.2) is 22.8 Å². The van der Waals surface area contributed by atoms with Gasteiger partial charge in [-0.05, 0) is 31.5 Å². The minimum Gasteiger partial charge on any atom is -0.355 e. The van der Waals surface area contributed by atoms with E-state index in [2.05, 4.69) is 20.0 Å². The maximum Gasteiger partial charge on any atom is 0.264 e. The van der Waals surface area contributed by atoms with E-state index < -0.39 is 15.8 Å². The lowest BCUT2D eigenvalue weighted by Gasteiger charge is -2.09. The number of halogens is 1. The normalized spacial score (nSPS) is 11.2. The van der Waals surface area contributed by atoms with Crippen LogP contribution in [-0.2, 0) is 10.0 Å². The van der Waals surface area contributed by atoms with E-state index in [9.17, 15) is 12.8 Å². The number of sulfonamides is 1. The number of aromatic nitrogens is 2. The molecule has 2 N–H and O–H groups in total. The Morgan fingerprint density at radius 2 is 1.90 bits per heavy atom. The van der Waals surface area contributed by atoms with Gasteiger partial charge in [-0.15, -0.1) is 0 Å². The lowest BCUT2D eigenvalue weighted by Crippen LogP contribution is -2.14. The molecule has 6 nitrogen and oxygen atoms in total. The summed E-state index contributed by atoms with van der Waals surface area (Å²) in [5.74, 6) is -0.133. The highest BCUT2D eigenvalue weighted by Gasteiger charge is 2.16. The topological polar surface area (TPSA) is 84.0 Å². The summed E-state index contributed by atoms with van der Waals surface area (Å²) in [6.45, 7) is 4.11. The van der Waals surface area contributed by atoms with E-state index in [1.165, 1.54) is 24.5 Å². The molecular weight excluding hydrogens is 295 g/mol. The minimum atomic E-state index is -3.84. The van der Waals surface area contributed by atoms with Gasteiger partial charge in [0, 0.05) is 6.54 Å². The third-order valence-electron chi connectivity index (χ3n) is 2.70. The Labute approximate surface area is 122 Å². The number of anilines is 2. The van der Waals surface area contributed by atoms with E-state index >= 15 is 0 Å². The molecule has 0 unspecified atom stereocenters. The Morgan fingerprint density at radius 1 is 1.24 bits per heavy atom. The van der Waals surface area contributed by atoms with Gasteiger partial charge in [-0.2, -0.15) is 0 Å². The van der Waals surface area contributed by atoms with Crippen molar-refractivity contribution in [1.29, 1.82) is 0 Å². The molecule has 0 atom stereocenters. The van der Waals surface area contributed by atoms with E-state index in [1.807, 2.05) is 6.92 Å². The molecule has 0 amide bonds. The Hall–Kier alpha value is -2.22. The van der Waals surface area contributed by atoms with E-state index in [0.29, 0.717) is 18.1 Å². The molecule has 1 aromatic heterocycles. The molecule has 0 spiro atoms. The van der Waals surface area contributed by atoms with Crippen molar-refractivity contribution < 1.29 is 12.8 Å². The van der Waals surface area contributed by atoms with Crippen molar-refractivity contribution in [3.8, 4) is 0 Å². The molecule has 0 saturated heterocycles. The second-order valence-corrected chi connectivity index (χ2v) is 6.02. The van der Waals surface area contributed by atoms with Crippen molar-refractivity contribution >= 4 is 21.7 Å². The summed E-state index contributed by atoms with van der Waals surface area (Å²) in [7, 11) is -3.84. The van der Waals surface area contributed by atoms with Crippen molar-refractivity contribution in [2.75, 3.05) is 16.6 Å². The maximum atomic E-state index is 13.4. The molecular formula is C13H15FN4O2S. The molecule has 0 aliphatic carbocycles. The number of aryl methyl sites for hydroxylation is 1. The number of hydrogen-bond acceptors (Lipinski definition) is 5. The average Bonchev–Trinajstić information content (AvgIpc) is 2.44. The Kier molecular flexibility index (Phi) is 4.37. The SMILES string of the molecule is CCNc1ncc(S(=O)(=O)Nc2ccc(C)c(F)c2)cn1. The number of hydrogen-bond donors (Lipinski definition) is 2. The van der Waals surface area contributed by atoms with Crippen LogP contribution in [0.4, 0.5) is 16.0 Å². The number of nitrogens with zero attached hydrogens (tertiary/aromatic N) is 2. The molecule has 2 rings (SSSR count). The molecule has 1 heterocycles. The van der Waals surface area contributed by atoms with Gasteiger partial charge in [0.2, 0.25) is 5.95 Å². The summed E-state index contributed by atoms with van der Waals surface area (Å²) in [5, 5.41) is 2.86. The van der Waals surface area contributed by atoms with Crippen molar-refractivity contribution in [1.82, 2.24) is 9.97 Å². The first kappa shape index (κ1) is 15.2. The fourth-order valence-corrected chi connectivity index (χ4v) is 2.51. The van der Waals surface area contributed by atoms with Crippen LogP contribution in [0.2, 0.25) is 0 Å². The van der Waals surface area contributed by atoms with Gasteiger partial charge in [0.15, 0.2) is 0 Å². The summed E-state index contributed by atoms with van der Waals surface area (Å²) >= 11 is 0. The Balaban J connectivity index is 2.23. The quantitative estimate of drug-likeness (QED) is 0.884. The fourth-order valence-electron chi connectivity index (χ4n) is 1.57. The monoisotopic (exact) mass is 310 g/mol. The molecule has 0 saturated carbocycles. The zero-order chi connectivity index (χ0) is 15.5. The number of benzene rings is 1. The first-order valence-corrected chi connectivity index (χ1v) is 7.75. The predicted octanol–water partition coefficient (Wildman–Crippen LogP) is 2.16. The molecule has 0 bridgehead atoms. The van der Waals surface area contributed by atoms with Crippen LogP contribution < -0.4 is 10.0 Å². The summed E-state index contributed by atoms with van der Waals surface area (Å²) in [4.78, 5) is 7.69. The average molecular weight is 310 g/mol. The molecule has 21 heavy (non-hydrogen) atoms. The van der Waals surface area contributed by atoms with Crippen LogP contribution in [0.25, 0.3) is 0 Å².